The number of guanidine groups is 1. The van der Waals surface area contributed by atoms with Gasteiger partial charge in [-0.05, 0) is 37.5 Å². The van der Waals surface area contributed by atoms with Crippen LogP contribution in [0.25, 0.3) is 0 Å². The number of aliphatic imine (C=N–C) groups is 1. The van der Waals surface area contributed by atoms with Gasteiger partial charge in [-0.25, -0.2) is 14.7 Å². The van der Waals surface area contributed by atoms with Gasteiger partial charge in [0.25, 0.3) is 5.91 Å². The van der Waals surface area contributed by atoms with E-state index in [1.807, 2.05) is 30.0 Å². The molecule has 4 rings (SSSR count). The minimum absolute atomic E-state index is 0. The molecule has 3 fully saturated rings. The largest absolute Gasteiger partial charge is 0.375 e. The number of ether oxygens (including phenoxy) is 1. The fraction of sp³-hybridized carbons (Fsp3) is 0.550. The van der Waals surface area contributed by atoms with Crippen molar-refractivity contribution in [3.8, 4) is 0 Å². The van der Waals surface area contributed by atoms with Crippen molar-refractivity contribution in [2.24, 2.45) is 10.7 Å². The van der Waals surface area contributed by atoms with Crippen molar-refractivity contribution in [3.63, 3.8) is 0 Å². The summed E-state index contributed by atoms with van der Waals surface area (Å²) in [5.41, 5.74) is 6.91. The third-order valence-electron chi connectivity index (χ3n) is 5.78. The van der Waals surface area contributed by atoms with Gasteiger partial charge in [0.2, 0.25) is 0 Å². The molecule has 1 aromatic carbocycles. The Morgan fingerprint density at radius 3 is 2.83 bits per heavy atom. The third kappa shape index (κ3) is 4.35. The monoisotopic (exact) mass is 513 g/mol. The third-order valence-corrected chi connectivity index (χ3v) is 5.78. The standard InChI is InChI=1S/C20H27N5O3.HI/c1-14-13-24(9-10-28-14)18(21)22-12-15-5-4-6-16(11-15)25-17(26)20(23-19(25)27)7-2-3-8-20;/h4-6,11,14H,2-3,7-10,12-13H2,1H3,(H2,21,22)(H,23,27);1H. The molecule has 9 heteroatoms. The fourth-order valence-corrected chi connectivity index (χ4v) is 4.26. The Bertz CT molecular complexity index is 809. The van der Waals surface area contributed by atoms with E-state index >= 15 is 0 Å². The number of nitrogens with two attached hydrogens (primary N) is 1. The molecule has 1 aliphatic carbocycles. The van der Waals surface area contributed by atoms with Crippen LogP contribution in [0, 0.1) is 0 Å². The van der Waals surface area contributed by atoms with Crippen LogP contribution in [0.4, 0.5) is 10.5 Å². The maximum absolute atomic E-state index is 12.9. The first kappa shape index (κ1) is 21.8. The Labute approximate surface area is 187 Å². The van der Waals surface area contributed by atoms with Crippen molar-refractivity contribution < 1.29 is 14.3 Å². The molecule has 2 heterocycles. The van der Waals surface area contributed by atoms with Crippen molar-refractivity contribution >= 4 is 47.6 Å². The zero-order chi connectivity index (χ0) is 19.7. The van der Waals surface area contributed by atoms with Crippen molar-refractivity contribution in [2.45, 2.75) is 50.8 Å². The van der Waals surface area contributed by atoms with E-state index in [9.17, 15) is 9.59 Å². The average Bonchev–Trinajstić information content (AvgIpc) is 3.25. The smallest absolute Gasteiger partial charge is 0.329 e. The minimum Gasteiger partial charge on any atom is -0.375 e. The van der Waals surface area contributed by atoms with Crippen LogP contribution in [0.2, 0.25) is 0 Å². The number of benzene rings is 1. The highest BCUT2D eigenvalue weighted by molar-refractivity contribution is 14.0. The number of rotatable bonds is 3. The van der Waals surface area contributed by atoms with Crippen molar-refractivity contribution in [1.82, 2.24) is 10.2 Å². The number of carbonyl (C=O) groups is 2. The Morgan fingerprint density at radius 1 is 1.34 bits per heavy atom. The van der Waals surface area contributed by atoms with Crippen LogP contribution in [0.1, 0.15) is 38.2 Å². The predicted octanol–water partition coefficient (Wildman–Crippen LogP) is 2.21. The van der Waals surface area contributed by atoms with Gasteiger partial charge in [-0.2, -0.15) is 0 Å². The van der Waals surface area contributed by atoms with Gasteiger partial charge in [0, 0.05) is 13.1 Å². The number of amides is 3. The summed E-state index contributed by atoms with van der Waals surface area (Å²) in [4.78, 5) is 33.2. The number of imide groups is 1. The predicted molar refractivity (Wildman–Crippen MR) is 121 cm³/mol. The van der Waals surface area contributed by atoms with E-state index in [-0.39, 0.29) is 42.0 Å². The van der Waals surface area contributed by atoms with Gasteiger partial charge in [0.1, 0.15) is 5.54 Å². The van der Waals surface area contributed by atoms with Gasteiger partial charge in [-0.1, -0.05) is 25.0 Å². The zero-order valence-corrected chi connectivity index (χ0v) is 18.9. The molecular weight excluding hydrogens is 485 g/mol. The maximum atomic E-state index is 12.9. The van der Waals surface area contributed by atoms with Gasteiger partial charge in [-0.15, -0.1) is 24.0 Å². The second-order valence-corrected chi connectivity index (χ2v) is 7.83. The molecule has 1 unspecified atom stereocenters. The molecular formula is C20H28IN5O3. The summed E-state index contributed by atoms with van der Waals surface area (Å²) in [7, 11) is 0. The van der Waals surface area contributed by atoms with Crippen molar-refractivity contribution in [2.75, 3.05) is 24.6 Å². The molecule has 0 bridgehead atoms. The lowest BCUT2D eigenvalue weighted by Crippen LogP contribution is -2.47. The molecule has 2 saturated heterocycles. The van der Waals surface area contributed by atoms with Crippen molar-refractivity contribution in [1.29, 1.82) is 0 Å². The van der Waals surface area contributed by atoms with Gasteiger partial charge in [-0.3, -0.25) is 4.79 Å². The Balaban J connectivity index is 0.00000240. The number of halogens is 1. The van der Waals surface area contributed by atoms with Gasteiger partial charge in [0.15, 0.2) is 5.96 Å². The van der Waals surface area contributed by atoms with Crippen LogP contribution in [0.3, 0.4) is 0 Å². The lowest BCUT2D eigenvalue weighted by molar-refractivity contribution is -0.121. The zero-order valence-electron chi connectivity index (χ0n) is 16.6. The fourth-order valence-electron chi connectivity index (χ4n) is 4.26. The van der Waals surface area contributed by atoms with E-state index < -0.39 is 5.54 Å². The van der Waals surface area contributed by atoms with Crippen molar-refractivity contribution in [3.05, 3.63) is 29.8 Å². The van der Waals surface area contributed by atoms with Crippen LogP contribution < -0.4 is 16.0 Å². The van der Waals surface area contributed by atoms with E-state index in [2.05, 4.69) is 10.3 Å². The first-order valence-corrected chi connectivity index (χ1v) is 9.91. The van der Waals surface area contributed by atoms with Gasteiger partial charge >= 0.3 is 6.03 Å². The molecule has 0 aromatic heterocycles. The first-order chi connectivity index (χ1) is 13.5. The molecule has 158 valence electrons. The molecule has 1 aromatic rings. The second kappa shape index (κ2) is 8.86. The highest BCUT2D eigenvalue weighted by atomic mass is 127. The molecule has 1 spiro atoms. The summed E-state index contributed by atoms with van der Waals surface area (Å²) in [6.45, 7) is 4.49. The molecule has 2 aliphatic heterocycles. The lowest BCUT2D eigenvalue weighted by atomic mass is 9.98. The van der Waals surface area contributed by atoms with E-state index in [1.54, 1.807) is 6.07 Å². The highest BCUT2D eigenvalue weighted by Crippen LogP contribution is 2.37. The number of morpholine rings is 1. The summed E-state index contributed by atoms with van der Waals surface area (Å²) in [5.74, 6) is 0.345. The maximum Gasteiger partial charge on any atom is 0.329 e. The number of nitrogens with zero attached hydrogens (tertiary/aromatic N) is 3. The molecule has 0 radical (unpaired) electrons. The number of carbonyl (C=O) groups excluding carboxylic acids is 2. The second-order valence-electron chi connectivity index (χ2n) is 7.83. The molecule has 8 nitrogen and oxygen atoms in total. The quantitative estimate of drug-likeness (QED) is 0.280. The number of nitrogens with one attached hydrogen (secondary N) is 1. The summed E-state index contributed by atoms with van der Waals surface area (Å²) in [6, 6.07) is 7.05. The average molecular weight is 513 g/mol. The molecule has 3 amide bonds. The Hall–Kier alpha value is -1.88. The minimum atomic E-state index is -0.706. The summed E-state index contributed by atoms with van der Waals surface area (Å²) in [6.07, 6.45) is 3.50. The number of urea groups is 1. The summed E-state index contributed by atoms with van der Waals surface area (Å²) >= 11 is 0. The lowest BCUT2D eigenvalue weighted by Gasteiger charge is -2.31. The van der Waals surface area contributed by atoms with Crippen LogP contribution in [0.15, 0.2) is 29.3 Å². The number of anilines is 1. The molecule has 1 saturated carbocycles. The van der Waals surface area contributed by atoms with Crippen LogP contribution >= 0.6 is 24.0 Å². The van der Waals surface area contributed by atoms with E-state index in [0.29, 0.717) is 37.6 Å². The summed E-state index contributed by atoms with van der Waals surface area (Å²) in [5, 5.41) is 2.92. The van der Waals surface area contributed by atoms with Crippen LogP contribution in [-0.2, 0) is 16.1 Å². The van der Waals surface area contributed by atoms with E-state index in [0.717, 1.165) is 31.5 Å². The van der Waals surface area contributed by atoms with E-state index in [4.69, 9.17) is 10.5 Å². The van der Waals surface area contributed by atoms with Crippen LogP contribution in [0.5, 0.6) is 0 Å². The van der Waals surface area contributed by atoms with Crippen LogP contribution in [-0.4, -0.2) is 54.1 Å². The first-order valence-electron chi connectivity index (χ1n) is 9.91. The Morgan fingerprint density at radius 2 is 2.10 bits per heavy atom. The number of hydrogen-bond acceptors (Lipinski definition) is 4. The molecule has 3 N–H and O–H groups in total. The molecule has 3 aliphatic rings. The van der Waals surface area contributed by atoms with E-state index in [1.165, 1.54) is 4.90 Å². The highest BCUT2D eigenvalue weighted by Gasteiger charge is 2.52. The Kier molecular flexibility index (Phi) is 6.67. The van der Waals surface area contributed by atoms with Gasteiger partial charge in [0.05, 0.1) is 24.9 Å². The SMILES string of the molecule is CC1CN(C(N)=NCc2cccc(N3C(=O)NC4(CCCC4)C3=O)c2)CCO1.I. The normalized spacial score (nSPS) is 24.0. The van der Waals surface area contributed by atoms with Gasteiger partial charge < -0.3 is 20.7 Å². The summed E-state index contributed by atoms with van der Waals surface area (Å²) < 4.78 is 5.53. The topological polar surface area (TPSA) is 100 Å². The number of hydrogen-bond donors (Lipinski definition) is 2. The molecule has 1 atom stereocenters. The molecule has 29 heavy (non-hydrogen) atoms.